The molecule has 1 rings (SSSR count). The van der Waals surface area contributed by atoms with E-state index < -0.39 is 11.6 Å². The number of nitrogens with one attached hydrogen (secondary N) is 1. The van der Waals surface area contributed by atoms with Crippen molar-refractivity contribution in [3.05, 3.63) is 0 Å². The Bertz CT molecular complexity index is 357. The van der Waals surface area contributed by atoms with Gasteiger partial charge in [0.15, 0.2) is 0 Å². The summed E-state index contributed by atoms with van der Waals surface area (Å²) in [6, 6.07) is -0.561. The lowest BCUT2D eigenvalue weighted by molar-refractivity contribution is -0.160. The minimum absolute atomic E-state index is 0.000408. The molecule has 0 saturated heterocycles. The summed E-state index contributed by atoms with van der Waals surface area (Å²) in [7, 11) is 0. The third-order valence-corrected chi connectivity index (χ3v) is 3.82. The predicted molar refractivity (Wildman–Crippen MR) is 79.1 cm³/mol. The number of carbonyl (C=O) groups excluding carboxylic acids is 2. The molecular weight excluding hydrogens is 254 g/mol. The van der Waals surface area contributed by atoms with Crippen LogP contribution in [0.2, 0.25) is 0 Å². The van der Waals surface area contributed by atoms with E-state index in [0.717, 1.165) is 19.3 Å². The van der Waals surface area contributed by atoms with Crippen LogP contribution in [0.15, 0.2) is 0 Å². The van der Waals surface area contributed by atoms with Gasteiger partial charge in [-0.25, -0.2) is 4.79 Å². The number of carbonyl (C=O) groups is 2. The summed E-state index contributed by atoms with van der Waals surface area (Å²) < 4.78 is 5.40. The summed E-state index contributed by atoms with van der Waals surface area (Å²) in [6.45, 7) is 11.5. The van der Waals surface area contributed by atoms with Gasteiger partial charge < -0.3 is 10.1 Å². The van der Waals surface area contributed by atoms with E-state index >= 15 is 0 Å². The molecule has 1 fully saturated rings. The maximum absolute atomic E-state index is 12.3. The highest BCUT2D eigenvalue weighted by atomic mass is 16.6. The SMILES string of the molecule is CC1CCCC1C(=O)N[C@@H](C(=O)OC(C)(C)C)C(C)C. The molecule has 20 heavy (non-hydrogen) atoms. The highest BCUT2D eigenvalue weighted by Gasteiger charge is 2.34. The number of esters is 1. The highest BCUT2D eigenvalue weighted by molar-refractivity contribution is 5.86. The van der Waals surface area contributed by atoms with Crippen LogP contribution in [0.25, 0.3) is 0 Å². The van der Waals surface area contributed by atoms with E-state index in [-0.39, 0.29) is 23.7 Å². The lowest BCUT2D eigenvalue weighted by Crippen LogP contribution is -2.49. The molecule has 1 amide bonds. The van der Waals surface area contributed by atoms with Crippen LogP contribution in [0, 0.1) is 17.8 Å². The standard InChI is InChI=1S/C16H29NO3/c1-10(2)13(15(19)20-16(4,5)6)17-14(18)12-9-7-8-11(12)3/h10-13H,7-9H2,1-6H3,(H,17,18)/t11?,12?,13-/m1/s1. The first-order valence-electron chi connectivity index (χ1n) is 7.65. The van der Waals surface area contributed by atoms with Gasteiger partial charge in [0.05, 0.1) is 0 Å². The molecule has 1 aliphatic rings. The quantitative estimate of drug-likeness (QED) is 0.807. The molecule has 4 nitrogen and oxygen atoms in total. The Morgan fingerprint density at radius 1 is 1.20 bits per heavy atom. The molecule has 0 spiro atoms. The Kier molecular flexibility index (Phi) is 5.60. The Morgan fingerprint density at radius 2 is 1.80 bits per heavy atom. The molecule has 0 aromatic heterocycles. The van der Waals surface area contributed by atoms with Crippen molar-refractivity contribution in [3.8, 4) is 0 Å². The number of amides is 1. The van der Waals surface area contributed by atoms with Crippen molar-refractivity contribution < 1.29 is 14.3 Å². The van der Waals surface area contributed by atoms with Gasteiger partial charge in [-0.15, -0.1) is 0 Å². The molecule has 0 heterocycles. The van der Waals surface area contributed by atoms with Crippen molar-refractivity contribution in [2.45, 2.75) is 72.4 Å². The molecule has 0 aliphatic heterocycles. The van der Waals surface area contributed by atoms with Crippen LogP contribution in [0.1, 0.15) is 60.8 Å². The van der Waals surface area contributed by atoms with Gasteiger partial charge in [0.25, 0.3) is 0 Å². The molecule has 4 heteroatoms. The fourth-order valence-corrected chi connectivity index (χ4v) is 2.66. The van der Waals surface area contributed by atoms with Crippen molar-refractivity contribution in [3.63, 3.8) is 0 Å². The average Bonchev–Trinajstić information content (AvgIpc) is 2.69. The number of hydrogen-bond donors (Lipinski definition) is 1. The van der Waals surface area contributed by atoms with Gasteiger partial charge in [0.1, 0.15) is 11.6 Å². The minimum atomic E-state index is -0.561. The zero-order valence-corrected chi connectivity index (χ0v) is 13.7. The van der Waals surface area contributed by atoms with Crippen LogP contribution in [0.4, 0.5) is 0 Å². The Labute approximate surface area is 122 Å². The molecule has 1 saturated carbocycles. The minimum Gasteiger partial charge on any atom is -0.458 e. The molecule has 3 atom stereocenters. The normalized spacial score (nSPS) is 24.6. The van der Waals surface area contributed by atoms with Gasteiger partial charge in [0.2, 0.25) is 5.91 Å². The maximum atomic E-state index is 12.3. The van der Waals surface area contributed by atoms with E-state index in [0.29, 0.717) is 5.92 Å². The van der Waals surface area contributed by atoms with Gasteiger partial charge in [-0.3, -0.25) is 4.79 Å². The summed E-state index contributed by atoms with van der Waals surface area (Å²) in [4.78, 5) is 24.5. The summed E-state index contributed by atoms with van der Waals surface area (Å²) in [5.41, 5.74) is -0.532. The largest absolute Gasteiger partial charge is 0.458 e. The van der Waals surface area contributed by atoms with Crippen LogP contribution in [-0.2, 0) is 14.3 Å². The van der Waals surface area contributed by atoms with E-state index in [1.165, 1.54) is 0 Å². The van der Waals surface area contributed by atoms with Crippen molar-refractivity contribution in [1.82, 2.24) is 5.32 Å². The fraction of sp³-hybridized carbons (Fsp3) is 0.875. The first-order valence-corrected chi connectivity index (χ1v) is 7.65. The summed E-state index contributed by atoms with van der Waals surface area (Å²) in [5.74, 6) is 0.122. The van der Waals surface area contributed by atoms with Crippen LogP contribution in [0.5, 0.6) is 0 Å². The molecule has 0 aromatic carbocycles. The average molecular weight is 283 g/mol. The second-order valence-corrected chi connectivity index (χ2v) is 7.28. The third-order valence-electron chi connectivity index (χ3n) is 3.82. The summed E-state index contributed by atoms with van der Waals surface area (Å²) in [6.07, 6.45) is 3.11. The molecule has 0 bridgehead atoms. The smallest absolute Gasteiger partial charge is 0.329 e. The second kappa shape index (κ2) is 6.59. The van der Waals surface area contributed by atoms with Crippen molar-refractivity contribution in [2.75, 3.05) is 0 Å². The van der Waals surface area contributed by atoms with Crippen molar-refractivity contribution in [1.29, 1.82) is 0 Å². The number of ether oxygens (including phenoxy) is 1. The second-order valence-electron chi connectivity index (χ2n) is 7.28. The van der Waals surface area contributed by atoms with E-state index in [4.69, 9.17) is 4.74 Å². The Balaban J connectivity index is 2.67. The first kappa shape index (κ1) is 17.0. The molecule has 1 aliphatic carbocycles. The Morgan fingerprint density at radius 3 is 2.20 bits per heavy atom. The lowest BCUT2D eigenvalue weighted by Gasteiger charge is -2.28. The fourth-order valence-electron chi connectivity index (χ4n) is 2.66. The lowest BCUT2D eigenvalue weighted by atomic mass is 9.95. The van der Waals surface area contributed by atoms with E-state index in [1.54, 1.807) is 0 Å². The molecule has 0 aromatic rings. The summed E-state index contributed by atoms with van der Waals surface area (Å²) >= 11 is 0. The zero-order valence-electron chi connectivity index (χ0n) is 13.7. The molecule has 2 unspecified atom stereocenters. The van der Waals surface area contributed by atoms with Gasteiger partial charge in [-0.1, -0.05) is 27.2 Å². The van der Waals surface area contributed by atoms with Gasteiger partial charge in [-0.05, 0) is 45.4 Å². The molecule has 116 valence electrons. The van der Waals surface area contributed by atoms with E-state index in [1.807, 2.05) is 34.6 Å². The van der Waals surface area contributed by atoms with Crippen molar-refractivity contribution >= 4 is 11.9 Å². The van der Waals surface area contributed by atoms with E-state index in [9.17, 15) is 9.59 Å². The monoisotopic (exact) mass is 283 g/mol. The van der Waals surface area contributed by atoms with Crippen LogP contribution >= 0.6 is 0 Å². The maximum Gasteiger partial charge on any atom is 0.329 e. The van der Waals surface area contributed by atoms with Crippen LogP contribution in [-0.4, -0.2) is 23.5 Å². The third kappa shape index (κ3) is 4.80. The predicted octanol–water partition coefficient (Wildman–Crippen LogP) is 2.91. The topological polar surface area (TPSA) is 55.4 Å². The zero-order chi connectivity index (χ0) is 15.5. The van der Waals surface area contributed by atoms with Gasteiger partial charge >= 0.3 is 5.97 Å². The van der Waals surface area contributed by atoms with Gasteiger partial charge in [0, 0.05) is 5.92 Å². The van der Waals surface area contributed by atoms with Crippen LogP contribution < -0.4 is 5.32 Å². The summed E-state index contributed by atoms with van der Waals surface area (Å²) in [5, 5.41) is 2.90. The van der Waals surface area contributed by atoms with E-state index in [2.05, 4.69) is 12.2 Å². The number of rotatable bonds is 4. The number of hydrogen-bond acceptors (Lipinski definition) is 3. The molecule has 0 radical (unpaired) electrons. The highest BCUT2D eigenvalue weighted by Crippen LogP contribution is 2.31. The molecule has 1 N–H and O–H groups in total. The first-order chi connectivity index (χ1) is 9.11. The van der Waals surface area contributed by atoms with Gasteiger partial charge in [-0.2, -0.15) is 0 Å². The van der Waals surface area contributed by atoms with Crippen molar-refractivity contribution in [2.24, 2.45) is 17.8 Å². The Hall–Kier alpha value is -1.06. The van der Waals surface area contributed by atoms with Crippen LogP contribution in [0.3, 0.4) is 0 Å². The molecular formula is C16H29NO3.